The van der Waals surface area contributed by atoms with E-state index >= 15 is 0 Å². The highest BCUT2D eigenvalue weighted by Crippen LogP contribution is 2.20. The van der Waals surface area contributed by atoms with Gasteiger partial charge in [-0.25, -0.2) is 0 Å². The lowest BCUT2D eigenvalue weighted by Gasteiger charge is -2.22. The minimum absolute atomic E-state index is 0.00882. The Hall–Kier alpha value is -2.85. The van der Waals surface area contributed by atoms with Gasteiger partial charge < -0.3 is 14.4 Å². The second-order valence-corrected chi connectivity index (χ2v) is 6.09. The zero-order valence-electron chi connectivity index (χ0n) is 14.9. The molecule has 0 radical (unpaired) electrons. The largest absolute Gasteiger partial charge is 0.484 e. The van der Waals surface area contributed by atoms with Crippen LogP contribution in [0.4, 0.5) is 0 Å². The maximum absolute atomic E-state index is 12.6. The Morgan fingerprint density at radius 1 is 0.923 bits per heavy atom. The van der Waals surface area contributed by atoms with Gasteiger partial charge in [0.1, 0.15) is 5.75 Å². The third-order valence-electron chi connectivity index (χ3n) is 4.22. The zero-order chi connectivity index (χ0) is 18.2. The SMILES string of the molecule is COCCN(Cc1ccccc1)C(=O)COc1ccc2ccccc2c1. The van der Waals surface area contributed by atoms with Gasteiger partial charge in [-0.05, 0) is 28.5 Å². The first-order valence-electron chi connectivity index (χ1n) is 8.68. The molecule has 26 heavy (non-hydrogen) atoms. The van der Waals surface area contributed by atoms with Crippen molar-refractivity contribution in [3.63, 3.8) is 0 Å². The lowest BCUT2D eigenvalue weighted by molar-refractivity contribution is -0.134. The van der Waals surface area contributed by atoms with E-state index in [-0.39, 0.29) is 12.5 Å². The van der Waals surface area contributed by atoms with Crippen molar-refractivity contribution in [2.75, 3.05) is 26.9 Å². The molecule has 0 heterocycles. The molecule has 3 rings (SSSR count). The smallest absolute Gasteiger partial charge is 0.260 e. The summed E-state index contributed by atoms with van der Waals surface area (Å²) in [4.78, 5) is 14.4. The Labute approximate surface area is 154 Å². The molecule has 0 fully saturated rings. The van der Waals surface area contributed by atoms with Crippen molar-refractivity contribution in [3.05, 3.63) is 78.4 Å². The minimum Gasteiger partial charge on any atom is -0.484 e. The van der Waals surface area contributed by atoms with Gasteiger partial charge in [0, 0.05) is 20.2 Å². The molecule has 4 nitrogen and oxygen atoms in total. The minimum atomic E-state index is -0.0564. The molecule has 0 aliphatic heterocycles. The molecule has 0 N–H and O–H groups in total. The summed E-state index contributed by atoms with van der Waals surface area (Å²) in [5, 5.41) is 2.25. The van der Waals surface area contributed by atoms with Crippen LogP contribution in [-0.4, -0.2) is 37.7 Å². The molecular weight excluding hydrogens is 326 g/mol. The van der Waals surface area contributed by atoms with E-state index in [0.717, 1.165) is 16.3 Å². The van der Waals surface area contributed by atoms with Crippen LogP contribution in [0.2, 0.25) is 0 Å². The fourth-order valence-corrected chi connectivity index (χ4v) is 2.79. The number of benzene rings is 3. The second-order valence-electron chi connectivity index (χ2n) is 6.09. The number of carbonyl (C=O) groups is 1. The van der Waals surface area contributed by atoms with Gasteiger partial charge in [0.2, 0.25) is 0 Å². The number of hydrogen-bond donors (Lipinski definition) is 0. The van der Waals surface area contributed by atoms with Crippen LogP contribution in [0.1, 0.15) is 5.56 Å². The monoisotopic (exact) mass is 349 g/mol. The molecule has 4 heteroatoms. The Bertz CT molecular complexity index is 848. The number of carbonyl (C=O) groups excluding carboxylic acids is 1. The van der Waals surface area contributed by atoms with Crippen molar-refractivity contribution in [2.45, 2.75) is 6.54 Å². The van der Waals surface area contributed by atoms with E-state index in [1.165, 1.54) is 0 Å². The average molecular weight is 349 g/mol. The van der Waals surface area contributed by atoms with Gasteiger partial charge in [0.25, 0.3) is 5.91 Å². The zero-order valence-corrected chi connectivity index (χ0v) is 14.9. The molecule has 0 atom stereocenters. The standard InChI is InChI=1S/C22H23NO3/c1-25-14-13-23(16-18-7-3-2-4-8-18)22(24)17-26-21-12-11-19-9-5-6-10-20(19)15-21/h2-12,15H,13-14,16-17H2,1H3. The first-order valence-corrected chi connectivity index (χ1v) is 8.68. The number of ether oxygens (including phenoxy) is 2. The summed E-state index contributed by atoms with van der Waals surface area (Å²) >= 11 is 0. The Morgan fingerprint density at radius 3 is 2.42 bits per heavy atom. The molecule has 1 amide bonds. The lowest BCUT2D eigenvalue weighted by atomic mass is 10.1. The van der Waals surface area contributed by atoms with Crippen molar-refractivity contribution in [3.8, 4) is 5.75 Å². The molecule has 134 valence electrons. The highest BCUT2D eigenvalue weighted by atomic mass is 16.5. The number of hydrogen-bond acceptors (Lipinski definition) is 3. The van der Waals surface area contributed by atoms with Crippen LogP contribution in [0.3, 0.4) is 0 Å². The van der Waals surface area contributed by atoms with Gasteiger partial charge >= 0.3 is 0 Å². The molecule has 0 saturated carbocycles. The predicted molar refractivity (Wildman–Crippen MR) is 103 cm³/mol. The fraction of sp³-hybridized carbons (Fsp3) is 0.227. The van der Waals surface area contributed by atoms with Crippen LogP contribution in [0.5, 0.6) is 5.75 Å². The summed E-state index contributed by atoms with van der Waals surface area (Å²) in [7, 11) is 1.64. The van der Waals surface area contributed by atoms with Crippen molar-refractivity contribution in [1.82, 2.24) is 4.90 Å². The van der Waals surface area contributed by atoms with Crippen LogP contribution in [0, 0.1) is 0 Å². The third kappa shape index (κ3) is 4.83. The van der Waals surface area contributed by atoms with Gasteiger partial charge in [-0.1, -0.05) is 60.7 Å². The van der Waals surface area contributed by atoms with Crippen molar-refractivity contribution in [2.24, 2.45) is 0 Å². The van der Waals surface area contributed by atoms with E-state index in [9.17, 15) is 4.79 Å². The highest BCUT2D eigenvalue weighted by molar-refractivity contribution is 5.84. The summed E-state index contributed by atoms with van der Waals surface area (Å²) in [6.07, 6.45) is 0. The molecule has 0 spiro atoms. The number of amides is 1. The molecule has 0 saturated heterocycles. The Balaban J connectivity index is 1.64. The lowest BCUT2D eigenvalue weighted by Crippen LogP contribution is -2.36. The number of nitrogens with zero attached hydrogens (tertiary/aromatic N) is 1. The van der Waals surface area contributed by atoms with Crippen LogP contribution in [0.15, 0.2) is 72.8 Å². The highest BCUT2D eigenvalue weighted by Gasteiger charge is 2.14. The topological polar surface area (TPSA) is 38.8 Å². The second kappa shape index (κ2) is 9.02. The number of fused-ring (bicyclic) bond motifs is 1. The molecule has 0 aliphatic rings. The molecule has 0 aliphatic carbocycles. The fourth-order valence-electron chi connectivity index (χ4n) is 2.79. The first-order chi connectivity index (χ1) is 12.8. The Morgan fingerprint density at radius 2 is 1.65 bits per heavy atom. The molecule has 0 aromatic heterocycles. The van der Waals surface area contributed by atoms with Gasteiger partial charge in [-0.3, -0.25) is 4.79 Å². The average Bonchev–Trinajstić information content (AvgIpc) is 2.70. The summed E-state index contributed by atoms with van der Waals surface area (Å²) in [5.74, 6) is 0.641. The molecule has 0 bridgehead atoms. The van der Waals surface area contributed by atoms with Gasteiger partial charge in [-0.2, -0.15) is 0 Å². The van der Waals surface area contributed by atoms with E-state index in [0.29, 0.717) is 25.4 Å². The number of methoxy groups -OCH3 is 1. The number of rotatable bonds is 8. The van der Waals surface area contributed by atoms with Crippen molar-refractivity contribution >= 4 is 16.7 Å². The molecule has 3 aromatic carbocycles. The van der Waals surface area contributed by atoms with E-state index in [2.05, 4.69) is 6.07 Å². The summed E-state index contributed by atoms with van der Waals surface area (Å²) < 4.78 is 10.9. The van der Waals surface area contributed by atoms with Gasteiger partial charge in [0.05, 0.1) is 6.61 Å². The molecular formula is C22H23NO3. The van der Waals surface area contributed by atoms with E-state index in [1.54, 1.807) is 12.0 Å². The van der Waals surface area contributed by atoms with E-state index in [4.69, 9.17) is 9.47 Å². The summed E-state index contributed by atoms with van der Waals surface area (Å²) in [6.45, 7) is 1.58. The van der Waals surface area contributed by atoms with Crippen LogP contribution >= 0.6 is 0 Å². The van der Waals surface area contributed by atoms with Crippen LogP contribution in [-0.2, 0) is 16.1 Å². The normalized spacial score (nSPS) is 10.7. The maximum Gasteiger partial charge on any atom is 0.260 e. The summed E-state index contributed by atoms with van der Waals surface area (Å²) in [5.41, 5.74) is 1.09. The van der Waals surface area contributed by atoms with Crippen molar-refractivity contribution < 1.29 is 14.3 Å². The van der Waals surface area contributed by atoms with Crippen LogP contribution < -0.4 is 4.74 Å². The maximum atomic E-state index is 12.6. The predicted octanol–water partition coefficient (Wildman–Crippen LogP) is 3.89. The van der Waals surface area contributed by atoms with E-state index in [1.807, 2.05) is 66.7 Å². The Kier molecular flexibility index (Phi) is 6.23. The quantitative estimate of drug-likeness (QED) is 0.619. The molecule has 0 unspecified atom stereocenters. The first kappa shape index (κ1) is 18.0. The van der Waals surface area contributed by atoms with Crippen molar-refractivity contribution in [1.29, 1.82) is 0 Å². The van der Waals surface area contributed by atoms with E-state index < -0.39 is 0 Å². The van der Waals surface area contributed by atoms with Crippen LogP contribution in [0.25, 0.3) is 10.8 Å². The molecule has 3 aromatic rings. The summed E-state index contributed by atoms with van der Waals surface area (Å²) in [6, 6.07) is 23.9. The van der Waals surface area contributed by atoms with Gasteiger partial charge in [-0.15, -0.1) is 0 Å². The van der Waals surface area contributed by atoms with Gasteiger partial charge in [0.15, 0.2) is 6.61 Å². The third-order valence-corrected chi connectivity index (χ3v) is 4.22.